The van der Waals surface area contributed by atoms with Crippen LogP contribution in [-0.2, 0) is 0 Å². The molecule has 194 valence electrons. The molecule has 0 aliphatic carbocycles. The minimum Gasteiger partial charge on any atom is -0.506 e. The Kier molecular flexibility index (Phi) is 7.44. The van der Waals surface area contributed by atoms with Crippen LogP contribution < -0.4 is 20.9 Å². The molecular weight excluding hydrogens is 500 g/mol. The van der Waals surface area contributed by atoms with Gasteiger partial charge in [0, 0.05) is 34.9 Å². The van der Waals surface area contributed by atoms with Gasteiger partial charge in [-0.2, -0.15) is 0 Å². The zero-order chi connectivity index (χ0) is 27.9. The molecule has 0 heterocycles. The molecule has 0 fully saturated rings. The molecular formula is C34H24N2O4. The molecule has 0 aromatic heterocycles. The highest BCUT2D eigenvalue weighted by molar-refractivity contribution is 5.64. The maximum atomic E-state index is 9.89. The van der Waals surface area contributed by atoms with Gasteiger partial charge in [0.1, 0.15) is 23.0 Å². The van der Waals surface area contributed by atoms with E-state index in [4.69, 9.17) is 20.9 Å². The summed E-state index contributed by atoms with van der Waals surface area (Å²) in [4.78, 5) is 0. The summed E-state index contributed by atoms with van der Waals surface area (Å²) in [5.41, 5.74) is 15.0. The Morgan fingerprint density at radius 3 is 1.55 bits per heavy atom. The molecule has 0 saturated carbocycles. The van der Waals surface area contributed by atoms with Crippen LogP contribution >= 0.6 is 0 Å². The van der Waals surface area contributed by atoms with E-state index in [1.165, 1.54) is 24.3 Å². The SMILES string of the molecule is Nc1cc(Oc2cc(C#Cc3ccccc3)cc(C#Cc3ccccc3)c2Oc2ccc(O)c(N)c2)ccc1O. The molecule has 5 aromatic rings. The van der Waals surface area contributed by atoms with Gasteiger partial charge in [0.2, 0.25) is 0 Å². The van der Waals surface area contributed by atoms with Gasteiger partial charge in [-0.05, 0) is 54.6 Å². The molecule has 6 heteroatoms. The quantitative estimate of drug-likeness (QED) is 0.119. The molecule has 0 radical (unpaired) electrons. The van der Waals surface area contributed by atoms with E-state index in [1.807, 2.05) is 66.7 Å². The van der Waals surface area contributed by atoms with Crippen molar-refractivity contribution in [3.8, 4) is 58.2 Å². The molecule has 0 saturated heterocycles. The van der Waals surface area contributed by atoms with Crippen molar-refractivity contribution in [2.24, 2.45) is 0 Å². The Hall–Kier alpha value is -5.98. The van der Waals surface area contributed by atoms with Crippen LogP contribution in [0.5, 0.6) is 34.5 Å². The molecule has 0 amide bonds. The number of benzene rings is 5. The second-order valence-corrected chi connectivity index (χ2v) is 8.73. The lowest BCUT2D eigenvalue weighted by molar-refractivity contribution is 0.416. The standard InChI is InChI=1S/C34H24N2O4/c35-29-21-27(15-17-31(29)37)39-33-20-25(12-11-23-7-3-1-4-8-23)19-26(14-13-24-9-5-2-6-10-24)34(33)40-28-16-18-32(38)30(36)22-28/h1-10,15-22,37-38H,35-36H2. The fourth-order valence-electron chi connectivity index (χ4n) is 3.71. The number of nitrogens with two attached hydrogens (primary N) is 2. The molecule has 6 N–H and O–H groups in total. The van der Waals surface area contributed by atoms with Crippen LogP contribution in [0.2, 0.25) is 0 Å². The first kappa shape index (κ1) is 25.7. The lowest BCUT2D eigenvalue weighted by Crippen LogP contribution is -1.97. The summed E-state index contributed by atoms with van der Waals surface area (Å²) in [6.07, 6.45) is 0. The fraction of sp³-hybridized carbons (Fsp3) is 0. The normalized spacial score (nSPS) is 10.0. The predicted molar refractivity (Wildman–Crippen MR) is 156 cm³/mol. The van der Waals surface area contributed by atoms with Crippen LogP contribution in [0.3, 0.4) is 0 Å². The zero-order valence-corrected chi connectivity index (χ0v) is 21.3. The number of nitrogen functional groups attached to an aromatic ring is 2. The summed E-state index contributed by atoms with van der Waals surface area (Å²) >= 11 is 0. The lowest BCUT2D eigenvalue weighted by Gasteiger charge is -2.16. The molecule has 0 aliphatic heterocycles. The van der Waals surface area contributed by atoms with Gasteiger partial charge >= 0.3 is 0 Å². The summed E-state index contributed by atoms with van der Waals surface area (Å²) < 4.78 is 12.5. The van der Waals surface area contributed by atoms with E-state index >= 15 is 0 Å². The van der Waals surface area contributed by atoms with Crippen LogP contribution in [0.25, 0.3) is 0 Å². The van der Waals surface area contributed by atoms with Gasteiger partial charge in [-0.25, -0.2) is 0 Å². The van der Waals surface area contributed by atoms with Gasteiger partial charge < -0.3 is 31.2 Å². The number of aromatic hydroxyl groups is 2. The van der Waals surface area contributed by atoms with Gasteiger partial charge in [-0.1, -0.05) is 60.1 Å². The smallest absolute Gasteiger partial charge is 0.185 e. The first-order chi connectivity index (χ1) is 19.4. The molecule has 5 aromatic carbocycles. The average Bonchev–Trinajstić information content (AvgIpc) is 2.97. The van der Waals surface area contributed by atoms with Crippen molar-refractivity contribution in [3.63, 3.8) is 0 Å². The average molecular weight is 525 g/mol. The molecule has 0 aliphatic rings. The maximum absolute atomic E-state index is 9.89. The Labute approximate surface area is 232 Å². The number of hydrogen-bond acceptors (Lipinski definition) is 6. The van der Waals surface area contributed by atoms with Crippen LogP contribution in [0.4, 0.5) is 11.4 Å². The molecule has 0 spiro atoms. The van der Waals surface area contributed by atoms with Crippen molar-refractivity contribution >= 4 is 11.4 Å². The van der Waals surface area contributed by atoms with E-state index < -0.39 is 0 Å². The number of hydrogen-bond donors (Lipinski definition) is 4. The molecule has 0 bridgehead atoms. The Morgan fingerprint density at radius 2 is 1.00 bits per heavy atom. The van der Waals surface area contributed by atoms with Crippen molar-refractivity contribution < 1.29 is 19.7 Å². The number of phenolic OH excluding ortho intramolecular Hbond substituents is 2. The second kappa shape index (κ2) is 11.6. The number of ether oxygens (including phenoxy) is 2. The first-order valence-corrected chi connectivity index (χ1v) is 12.3. The number of rotatable bonds is 4. The third-order valence-electron chi connectivity index (χ3n) is 5.74. The van der Waals surface area contributed by atoms with E-state index in [0.29, 0.717) is 34.1 Å². The third kappa shape index (κ3) is 6.28. The highest BCUT2D eigenvalue weighted by atomic mass is 16.5. The van der Waals surface area contributed by atoms with Crippen molar-refractivity contribution in [3.05, 3.63) is 131 Å². The minimum absolute atomic E-state index is 0.0553. The zero-order valence-electron chi connectivity index (χ0n) is 21.3. The second-order valence-electron chi connectivity index (χ2n) is 8.73. The Bertz CT molecular complexity index is 1800. The van der Waals surface area contributed by atoms with E-state index in [-0.39, 0.29) is 22.9 Å². The van der Waals surface area contributed by atoms with Crippen LogP contribution in [-0.4, -0.2) is 10.2 Å². The van der Waals surface area contributed by atoms with Gasteiger partial charge in [0.15, 0.2) is 11.5 Å². The molecule has 40 heavy (non-hydrogen) atoms. The van der Waals surface area contributed by atoms with E-state index in [9.17, 15) is 10.2 Å². The topological polar surface area (TPSA) is 111 Å². The van der Waals surface area contributed by atoms with Crippen molar-refractivity contribution in [2.45, 2.75) is 0 Å². The van der Waals surface area contributed by atoms with Gasteiger partial charge in [0.05, 0.1) is 16.9 Å². The Balaban J connectivity index is 1.67. The monoisotopic (exact) mass is 524 g/mol. The van der Waals surface area contributed by atoms with Crippen molar-refractivity contribution in [1.29, 1.82) is 0 Å². The third-order valence-corrected chi connectivity index (χ3v) is 5.74. The predicted octanol–water partition coefficient (Wildman–Crippen LogP) is 6.65. The van der Waals surface area contributed by atoms with E-state index in [1.54, 1.807) is 18.2 Å². The largest absolute Gasteiger partial charge is 0.506 e. The first-order valence-electron chi connectivity index (χ1n) is 12.3. The fourth-order valence-corrected chi connectivity index (χ4v) is 3.71. The van der Waals surface area contributed by atoms with Crippen LogP contribution in [0, 0.1) is 23.7 Å². The van der Waals surface area contributed by atoms with E-state index in [0.717, 1.165) is 11.1 Å². The highest BCUT2D eigenvalue weighted by Gasteiger charge is 2.16. The van der Waals surface area contributed by atoms with Crippen molar-refractivity contribution in [2.75, 3.05) is 11.5 Å². The van der Waals surface area contributed by atoms with Gasteiger partial charge in [-0.3, -0.25) is 0 Å². The number of anilines is 2. The summed E-state index contributed by atoms with van der Waals surface area (Å²) in [6.45, 7) is 0. The maximum Gasteiger partial charge on any atom is 0.185 e. The minimum atomic E-state index is -0.0565. The van der Waals surface area contributed by atoms with Crippen LogP contribution in [0.1, 0.15) is 22.3 Å². The molecule has 0 unspecified atom stereocenters. The number of phenols is 2. The Morgan fingerprint density at radius 1 is 0.500 bits per heavy atom. The van der Waals surface area contributed by atoms with Crippen molar-refractivity contribution in [1.82, 2.24) is 0 Å². The molecule has 0 atom stereocenters. The van der Waals surface area contributed by atoms with Gasteiger partial charge in [0.25, 0.3) is 0 Å². The molecule has 6 nitrogen and oxygen atoms in total. The summed E-state index contributed by atoms with van der Waals surface area (Å²) in [5.74, 6) is 14.0. The summed E-state index contributed by atoms with van der Waals surface area (Å²) in [7, 11) is 0. The highest BCUT2D eigenvalue weighted by Crippen LogP contribution is 2.41. The molecule has 5 rings (SSSR count). The lowest BCUT2D eigenvalue weighted by atomic mass is 10.1. The summed E-state index contributed by atoms with van der Waals surface area (Å²) in [5, 5.41) is 19.8. The summed E-state index contributed by atoms with van der Waals surface area (Å²) in [6, 6.07) is 31.8. The van der Waals surface area contributed by atoms with Gasteiger partial charge in [-0.15, -0.1) is 0 Å². The van der Waals surface area contributed by atoms with E-state index in [2.05, 4.69) is 23.7 Å². The van der Waals surface area contributed by atoms with Crippen LogP contribution in [0.15, 0.2) is 109 Å².